The second-order valence-electron chi connectivity index (χ2n) is 4.87. The Morgan fingerprint density at radius 1 is 1.05 bits per heavy atom. The van der Waals surface area contributed by atoms with E-state index in [9.17, 15) is 0 Å². The highest BCUT2D eigenvalue weighted by atomic mass is 35.6. The maximum Gasteiger partial charge on any atom is 0.265 e. The van der Waals surface area contributed by atoms with Gasteiger partial charge in [0.25, 0.3) is 7.59 Å². The van der Waals surface area contributed by atoms with Gasteiger partial charge in [-0.15, -0.1) is 0 Å². The van der Waals surface area contributed by atoms with Gasteiger partial charge in [-0.2, -0.15) is 0 Å². The van der Waals surface area contributed by atoms with Gasteiger partial charge in [-0.3, -0.25) is 10.8 Å². The summed E-state index contributed by atoms with van der Waals surface area (Å²) in [6.45, 7) is 0.231. The van der Waals surface area contributed by atoms with Crippen molar-refractivity contribution in [1.82, 2.24) is 0 Å². The third-order valence-corrected chi connectivity index (χ3v) is 4.20. The molecule has 0 radical (unpaired) electrons. The second-order valence-corrected chi connectivity index (χ2v) is 9.43. The van der Waals surface area contributed by atoms with E-state index in [-0.39, 0.29) is 13.2 Å². The molecule has 0 aromatic carbocycles. The van der Waals surface area contributed by atoms with E-state index in [0.29, 0.717) is 0 Å². The zero-order valence-corrected chi connectivity index (χ0v) is 15.9. The average Bonchev–Trinajstić information content (AvgIpc) is 3.14. The van der Waals surface area contributed by atoms with E-state index < -0.39 is 30.9 Å². The van der Waals surface area contributed by atoms with E-state index in [0.717, 1.165) is 12.8 Å². The quantitative estimate of drug-likeness (QED) is 0.367. The molecular weight excluding hydrogens is 421 g/mol. The molecule has 0 aromatic heterocycles. The molecule has 0 bridgehead atoms. The molecule has 1 saturated carbocycles. The van der Waals surface area contributed by atoms with Crippen LogP contribution in [0.4, 0.5) is 0 Å². The van der Waals surface area contributed by atoms with Gasteiger partial charge in [-0.05, 0) is 12.8 Å². The fraction of sp³-hybridized carbons (Fsp3) is 0.818. The van der Waals surface area contributed by atoms with Crippen molar-refractivity contribution in [3.05, 3.63) is 0 Å². The van der Waals surface area contributed by atoms with Gasteiger partial charge < -0.3 is 14.2 Å². The van der Waals surface area contributed by atoms with Crippen molar-refractivity contribution < 1.29 is 14.2 Å². The van der Waals surface area contributed by atoms with Crippen LogP contribution in [0.3, 0.4) is 0 Å². The molecule has 1 fully saturated rings. The minimum Gasteiger partial charge on any atom is -0.477 e. The van der Waals surface area contributed by atoms with Gasteiger partial charge in [0, 0.05) is 12.5 Å². The molecule has 0 saturated heterocycles. The fourth-order valence-corrected chi connectivity index (χ4v) is 2.01. The molecule has 1 aliphatic carbocycles. The molecule has 11 heteroatoms. The number of methoxy groups -OCH3 is 1. The van der Waals surface area contributed by atoms with Gasteiger partial charge >= 0.3 is 0 Å². The zero-order chi connectivity index (χ0) is 17.2. The molecule has 1 aliphatic rings. The fourth-order valence-electron chi connectivity index (χ4n) is 1.71. The largest absolute Gasteiger partial charge is 0.477 e. The lowest BCUT2D eigenvalue weighted by Crippen LogP contribution is -2.39. The van der Waals surface area contributed by atoms with Crippen LogP contribution in [0.1, 0.15) is 12.8 Å². The van der Waals surface area contributed by atoms with Gasteiger partial charge in [0.15, 0.2) is 0 Å². The lowest BCUT2D eigenvalue weighted by atomic mass is 10.0. The molecule has 1 unspecified atom stereocenters. The predicted molar refractivity (Wildman–Crippen MR) is 90.4 cm³/mol. The molecule has 0 amide bonds. The number of hydrogen-bond acceptors (Lipinski definition) is 5. The summed E-state index contributed by atoms with van der Waals surface area (Å²) >= 11 is 33.5. The van der Waals surface area contributed by atoms with E-state index in [1.807, 2.05) is 0 Å². The van der Waals surface area contributed by atoms with Crippen molar-refractivity contribution in [2.45, 2.75) is 26.5 Å². The molecule has 1 rings (SSSR count). The summed E-state index contributed by atoms with van der Waals surface area (Å²) in [5.41, 5.74) is -0.486. The van der Waals surface area contributed by atoms with Gasteiger partial charge in [-0.25, -0.2) is 0 Å². The van der Waals surface area contributed by atoms with Crippen molar-refractivity contribution in [2.24, 2.45) is 5.41 Å². The number of alkyl halides is 6. The molecule has 0 aliphatic heterocycles. The zero-order valence-electron chi connectivity index (χ0n) is 11.4. The Hall–Kier alpha value is 0.640. The van der Waals surface area contributed by atoms with E-state index in [2.05, 4.69) is 0 Å². The average molecular weight is 435 g/mol. The molecule has 1 atom stereocenters. The van der Waals surface area contributed by atoms with Crippen molar-refractivity contribution >= 4 is 81.4 Å². The molecule has 0 aromatic rings. The summed E-state index contributed by atoms with van der Waals surface area (Å²) in [7, 11) is 1.48. The predicted octanol–water partition coefficient (Wildman–Crippen LogP) is 4.51. The highest BCUT2D eigenvalue weighted by molar-refractivity contribution is 6.76. The smallest absolute Gasteiger partial charge is 0.265 e. The number of rotatable bonds is 6. The Labute approximate surface area is 158 Å². The Kier molecular flexibility index (Phi) is 7.22. The summed E-state index contributed by atoms with van der Waals surface area (Å²) in [6.07, 6.45) is 0.867. The third kappa shape index (κ3) is 5.93. The van der Waals surface area contributed by atoms with Crippen molar-refractivity contribution in [3.8, 4) is 0 Å². The Morgan fingerprint density at radius 2 is 1.55 bits per heavy atom. The van der Waals surface area contributed by atoms with E-state index in [1.165, 1.54) is 7.11 Å². The van der Waals surface area contributed by atoms with Crippen LogP contribution in [0.25, 0.3) is 0 Å². The van der Waals surface area contributed by atoms with E-state index >= 15 is 0 Å². The summed E-state index contributed by atoms with van der Waals surface area (Å²) in [4.78, 5) is 0. The van der Waals surface area contributed by atoms with Crippen LogP contribution in [0.15, 0.2) is 0 Å². The molecule has 0 spiro atoms. The second kappa shape index (κ2) is 7.68. The van der Waals surface area contributed by atoms with Crippen molar-refractivity contribution in [2.75, 3.05) is 20.3 Å². The monoisotopic (exact) mass is 432 g/mol. The van der Waals surface area contributed by atoms with Gasteiger partial charge in [0.05, 0.1) is 13.2 Å². The van der Waals surface area contributed by atoms with Crippen LogP contribution in [-0.2, 0) is 14.2 Å². The first-order chi connectivity index (χ1) is 9.92. The molecular formula is C11H14Cl6N2O3. The van der Waals surface area contributed by atoms with Crippen LogP contribution in [0.2, 0.25) is 0 Å². The normalized spacial score (nSPS) is 18.5. The van der Waals surface area contributed by atoms with Gasteiger partial charge in [0.1, 0.15) is 6.10 Å². The lowest BCUT2D eigenvalue weighted by Gasteiger charge is -2.29. The van der Waals surface area contributed by atoms with Crippen LogP contribution in [0.5, 0.6) is 0 Å². The van der Waals surface area contributed by atoms with Crippen molar-refractivity contribution in [3.63, 3.8) is 0 Å². The Balaban J connectivity index is 2.70. The maximum atomic E-state index is 7.65. The molecule has 5 nitrogen and oxygen atoms in total. The van der Waals surface area contributed by atoms with Crippen LogP contribution in [-0.4, -0.2) is 45.8 Å². The van der Waals surface area contributed by atoms with Gasteiger partial charge in [0.2, 0.25) is 11.8 Å². The lowest BCUT2D eigenvalue weighted by molar-refractivity contribution is 0.00281. The number of nitrogens with one attached hydrogen (secondary N) is 2. The van der Waals surface area contributed by atoms with Crippen LogP contribution in [0, 0.1) is 16.2 Å². The number of halogens is 6. The minimum absolute atomic E-state index is 0.0703. The molecule has 0 heterocycles. The summed E-state index contributed by atoms with van der Waals surface area (Å²) in [5, 5.41) is 15.2. The standard InChI is InChI=1S/C11H14Cl6N2O3/c1-20-4-6(22-8(19)11(15,16)17)9(2-3-9)5-21-7(18)10(12,13)14/h6,18-19H,2-5H2,1H3. The molecule has 22 heavy (non-hydrogen) atoms. The SMILES string of the molecule is COCC(OC(=N)C(Cl)(Cl)Cl)C1(COC(=N)C(Cl)(Cl)Cl)CC1. The Morgan fingerprint density at radius 3 is 1.91 bits per heavy atom. The summed E-state index contributed by atoms with van der Waals surface area (Å²) in [5.74, 6) is -1.00. The third-order valence-electron chi connectivity index (χ3n) is 3.17. The van der Waals surface area contributed by atoms with Crippen LogP contribution < -0.4 is 0 Å². The maximum absolute atomic E-state index is 7.65. The summed E-state index contributed by atoms with van der Waals surface area (Å²) in [6, 6.07) is 0. The highest BCUT2D eigenvalue weighted by Gasteiger charge is 2.53. The number of hydrogen-bond donors (Lipinski definition) is 2. The first-order valence-electron chi connectivity index (χ1n) is 6.02. The topological polar surface area (TPSA) is 75.4 Å². The minimum atomic E-state index is -1.97. The first kappa shape index (κ1) is 20.7. The molecule has 2 N–H and O–H groups in total. The number of ether oxygens (including phenoxy) is 3. The molecule has 128 valence electrons. The summed E-state index contributed by atoms with van der Waals surface area (Å²) < 4.78 is 11.8. The highest BCUT2D eigenvalue weighted by Crippen LogP contribution is 2.51. The van der Waals surface area contributed by atoms with Crippen LogP contribution >= 0.6 is 69.6 Å². The first-order valence-corrected chi connectivity index (χ1v) is 8.29. The van der Waals surface area contributed by atoms with Crippen molar-refractivity contribution in [1.29, 1.82) is 10.8 Å². The van der Waals surface area contributed by atoms with Gasteiger partial charge in [-0.1, -0.05) is 69.6 Å². The van der Waals surface area contributed by atoms with E-state index in [4.69, 9.17) is 94.6 Å². The Bertz CT molecular complexity index is 431. The van der Waals surface area contributed by atoms with E-state index in [1.54, 1.807) is 0 Å².